The molecule has 4 aromatic rings. The van der Waals surface area contributed by atoms with E-state index in [9.17, 15) is 17.6 Å². The number of aromatic nitrogens is 3. The van der Waals surface area contributed by atoms with Crippen molar-refractivity contribution < 1.29 is 17.6 Å². The van der Waals surface area contributed by atoms with Crippen molar-refractivity contribution >= 4 is 21.7 Å². The molecular weight excluding hydrogens is 501 g/mol. The number of carbonyl (C=O) groups excluding carboxylic acids is 1. The standard InChI is InChI=1S/C30H26FN3O3S/c31-24-10-12-25(13-11-24)34-28-16-23-9-14-26(38(36,37)20-21-6-2-1-3-7-21)18-30(23,17-22(28)19-33-34)29(35)27-8-4-5-15-32-27/h1-8,10-13,15-16,19,26H,9,14,17-18,20H2/t26-,30-/m0/s1. The third-order valence-corrected chi connectivity index (χ3v) is 9.89. The number of ketones is 1. The second-order valence-electron chi connectivity index (χ2n) is 10.1. The van der Waals surface area contributed by atoms with Crippen LogP contribution in [-0.2, 0) is 22.0 Å². The topological polar surface area (TPSA) is 81.9 Å². The lowest BCUT2D eigenvalue weighted by Crippen LogP contribution is -2.46. The van der Waals surface area contributed by atoms with Crippen LogP contribution in [0.3, 0.4) is 0 Å². The molecule has 6 rings (SSSR count). The van der Waals surface area contributed by atoms with Crippen LogP contribution in [0.4, 0.5) is 4.39 Å². The molecule has 0 saturated heterocycles. The maximum Gasteiger partial charge on any atom is 0.191 e. The number of hydrogen-bond acceptors (Lipinski definition) is 5. The Labute approximate surface area is 220 Å². The highest BCUT2D eigenvalue weighted by Gasteiger charge is 2.51. The molecule has 6 nitrogen and oxygen atoms in total. The quantitative estimate of drug-likeness (QED) is 0.315. The number of allylic oxidation sites excluding steroid dienone is 1. The van der Waals surface area contributed by atoms with Crippen molar-refractivity contribution in [2.45, 2.75) is 36.7 Å². The Hall–Kier alpha value is -3.91. The van der Waals surface area contributed by atoms with Gasteiger partial charge in [0.15, 0.2) is 15.6 Å². The van der Waals surface area contributed by atoms with Crippen LogP contribution in [0, 0.1) is 11.2 Å². The number of benzene rings is 2. The summed E-state index contributed by atoms with van der Waals surface area (Å²) in [4.78, 5) is 18.5. The first-order chi connectivity index (χ1) is 18.4. The second-order valence-corrected chi connectivity index (χ2v) is 12.4. The number of carbonyl (C=O) groups is 1. The Morgan fingerprint density at radius 2 is 1.79 bits per heavy atom. The van der Waals surface area contributed by atoms with E-state index < -0.39 is 20.5 Å². The number of fused-ring (bicyclic) bond motifs is 2. The largest absolute Gasteiger partial charge is 0.291 e. The molecule has 8 heteroatoms. The van der Waals surface area contributed by atoms with E-state index in [1.807, 2.05) is 36.4 Å². The highest BCUT2D eigenvalue weighted by atomic mass is 32.2. The fraction of sp³-hybridized carbons (Fsp3) is 0.233. The van der Waals surface area contributed by atoms with Crippen molar-refractivity contribution in [2.24, 2.45) is 5.41 Å². The molecule has 0 radical (unpaired) electrons. The van der Waals surface area contributed by atoms with Gasteiger partial charge >= 0.3 is 0 Å². The Morgan fingerprint density at radius 1 is 1.03 bits per heavy atom. The first-order valence-corrected chi connectivity index (χ1v) is 14.3. The van der Waals surface area contributed by atoms with E-state index in [2.05, 4.69) is 10.1 Å². The zero-order valence-corrected chi connectivity index (χ0v) is 21.4. The molecular formula is C30H26FN3O3S. The van der Waals surface area contributed by atoms with Crippen LogP contribution in [-0.4, -0.2) is 34.2 Å². The van der Waals surface area contributed by atoms with E-state index in [-0.39, 0.29) is 23.8 Å². The fourth-order valence-corrected chi connectivity index (χ4v) is 7.73. The summed E-state index contributed by atoms with van der Waals surface area (Å²) < 4.78 is 42.5. The average molecular weight is 528 g/mol. The molecule has 0 N–H and O–H groups in total. The van der Waals surface area contributed by atoms with Crippen molar-refractivity contribution in [3.8, 4) is 5.69 Å². The number of nitrogens with zero attached hydrogens (tertiary/aromatic N) is 3. The summed E-state index contributed by atoms with van der Waals surface area (Å²) in [5.74, 6) is -0.550. The minimum Gasteiger partial charge on any atom is -0.291 e. The normalized spacial score (nSPS) is 20.8. The number of Topliss-reactive ketones (excluding diaryl/α,β-unsaturated/α-hetero) is 1. The van der Waals surface area contributed by atoms with E-state index in [0.717, 1.165) is 22.4 Å². The molecule has 2 aliphatic carbocycles. The second kappa shape index (κ2) is 9.44. The van der Waals surface area contributed by atoms with Gasteiger partial charge in [0.2, 0.25) is 0 Å². The van der Waals surface area contributed by atoms with E-state index in [1.54, 1.807) is 47.4 Å². The maximum absolute atomic E-state index is 14.1. The van der Waals surface area contributed by atoms with E-state index in [4.69, 9.17) is 0 Å². The third kappa shape index (κ3) is 4.28. The predicted molar refractivity (Wildman–Crippen MR) is 143 cm³/mol. The summed E-state index contributed by atoms with van der Waals surface area (Å²) in [7, 11) is -3.52. The molecule has 192 valence electrons. The number of halogens is 1. The first kappa shape index (κ1) is 24.4. The number of hydrogen-bond donors (Lipinski definition) is 0. The molecule has 0 bridgehead atoms. The van der Waals surface area contributed by atoms with Gasteiger partial charge in [-0.25, -0.2) is 17.5 Å². The highest BCUT2D eigenvalue weighted by Crippen LogP contribution is 2.51. The van der Waals surface area contributed by atoms with Gasteiger partial charge in [-0.15, -0.1) is 0 Å². The summed E-state index contributed by atoms with van der Waals surface area (Å²) in [6, 6.07) is 20.5. The zero-order valence-electron chi connectivity index (χ0n) is 20.6. The van der Waals surface area contributed by atoms with Crippen molar-refractivity contribution in [1.29, 1.82) is 0 Å². The third-order valence-electron chi connectivity index (χ3n) is 7.74. The molecule has 1 saturated carbocycles. The summed E-state index contributed by atoms with van der Waals surface area (Å²) >= 11 is 0. The van der Waals surface area contributed by atoms with Gasteiger partial charge in [0, 0.05) is 6.20 Å². The van der Waals surface area contributed by atoms with Gasteiger partial charge in [-0.1, -0.05) is 42.0 Å². The van der Waals surface area contributed by atoms with Crippen LogP contribution in [0.5, 0.6) is 0 Å². The summed E-state index contributed by atoms with van der Waals surface area (Å²) in [5, 5.41) is 3.90. The molecule has 2 aromatic carbocycles. The summed E-state index contributed by atoms with van der Waals surface area (Å²) in [6.07, 6.45) is 6.74. The zero-order chi connectivity index (χ0) is 26.3. The molecule has 0 unspecified atom stereocenters. The Morgan fingerprint density at radius 3 is 2.53 bits per heavy atom. The number of pyridine rings is 1. The lowest BCUT2D eigenvalue weighted by Gasteiger charge is -2.43. The Bertz CT molecular complexity index is 1630. The lowest BCUT2D eigenvalue weighted by molar-refractivity contribution is 0.0796. The molecule has 0 amide bonds. The average Bonchev–Trinajstić information content (AvgIpc) is 3.34. The Balaban J connectivity index is 1.41. The molecule has 38 heavy (non-hydrogen) atoms. The van der Waals surface area contributed by atoms with Crippen LogP contribution in [0.25, 0.3) is 11.8 Å². The minimum atomic E-state index is -3.52. The molecule has 2 atom stereocenters. The SMILES string of the molecule is O=C(c1ccccn1)[C@]12Cc3cnn(-c4ccc(F)cc4)c3C=C1CC[C@H](S(=O)(=O)Cc1ccccc1)C2. The molecule has 2 aromatic heterocycles. The lowest BCUT2D eigenvalue weighted by atomic mass is 9.61. The van der Waals surface area contributed by atoms with Gasteiger partial charge in [-0.2, -0.15) is 5.10 Å². The minimum absolute atomic E-state index is 0.0564. The molecule has 1 fully saturated rings. The van der Waals surface area contributed by atoms with Gasteiger partial charge in [0.25, 0.3) is 0 Å². The molecule has 0 spiro atoms. The van der Waals surface area contributed by atoms with Crippen molar-refractivity contribution in [1.82, 2.24) is 14.8 Å². The number of sulfone groups is 1. The first-order valence-electron chi connectivity index (χ1n) is 12.6. The van der Waals surface area contributed by atoms with Crippen molar-refractivity contribution in [3.05, 3.63) is 119 Å². The highest BCUT2D eigenvalue weighted by molar-refractivity contribution is 7.91. The predicted octanol–water partition coefficient (Wildman–Crippen LogP) is 5.38. The van der Waals surface area contributed by atoms with Crippen LogP contribution in [0.15, 0.2) is 90.8 Å². The van der Waals surface area contributed by atoms with Crippen LogP contribution in [0.1, 0.15) is 46.6 Å². The molecule has 0 aliphatic heterocycles. The van der Waals surface area contributed by atoms with Crippen LogP contribution < -0.4 is 0 Å². The number of rotatable bonds is 6. The van der Waals surface area contributed by atoms with E-state index >= 15 is 0 Å². The Kier molecular flexibility index (Phi) is 6.07. The smallest absolute Gasteiger partial charge is 0.191 e. The molecule has 2 heterocycles. The van der Waals surface area contributed by atoms with Gasteiger partial charge in [-0.05, 0) is 79.3 Å². The van der Waals surface area contributed by atoms with Crippen LogP contribution in [0.2, 0.25) is 0 Å². The van der Waals surface area contributed by atoms with Gasteiger partial charge in [0.1, 0.15) is 11.5 Å². The monoisotopic (exact) mass is 527 g/mol. The maximum atomic E-state index is 14.1. The van der Waals surface area contributed by atoms with Crippen LogP contribution >= 0.6 is 0 Å². The molecule has 2 aliphatic rings. The van der Waals surface area contributed by atoms with Gasteiger partial charge in [-0.3, -0.25) is 9.78 Å². The van der Waals surface area contributed by atoms with Gasteiger partial charge < -0.3 is 0 Å². The summed E-state index contributed by atoms with van der Waals surface area (Å²) in [5.41, 5.74) is 3.34. The summed E-state index contributed by atoms with van der Waals surface area (Å²) in [6.45, 7) is 0. The fourth-order valence-electron chi connectivity index (χ4n) is 5.83. The van der Waals surface area contributed by atoms with Crippen molar-refractivity contribution in [2.75, 3.05) is 0 Å². The van der Waals surface area contributed by atoms with Crippen molar-refractivity contribution in [3.63, 3.8) is 0 Å². The van der Waals surface area contributed by atoms with Gasteiger partial charge in [0.05, 0.1) is 34.0 Å². The van der Waals surface area contributed by atoms with E-state index in [0.29, 0.717) is 30.6 Å². The van der Waals surface area contributed by atoms with E-state index in [1.165, 1.54) is 12.1 Å².